The molecule has 0 aliphatic rings. The molecule has 1 aromatic heterocycles. The number of hydrogen-bond acceptors (Lipinski definition) is 2. The van der Waals surface area contributed by atoms with Gasteiger partial charge in [-0.2, -0.15) is 0 Å². The van der Waals surface area contributed by atoms with Gasteiger partial charge in [-0.15, -0.1) is 11.8 Å². The molecule has 4 aromatic rings. The predicted octanol–water partition coefficient (Wildman–Crippen LogP) is 6.32. The lowest BCUT2D eigenvalue weighted by atomic mass is 10.1. The zero-order chi connectivity index (χ0) is 23.2. The quantitative estimate of drug-likeness (QED) is 0.299. The molecule has 0 aliphatic carbocycles. The number of carbonyl (C=O) groups is 1. The van der Waals surface area contributed by atoms with E-state index in [-0.39, 0.29) is 5.91 Å². The molecule has 1 heterocycles. The molecule has 0 atom stereocenters. The van der Waals surface area contributed by atoms with Crippen molar-refractivity contribution in [1.29, 1.82) is 0 Å². The van der Waals surface area contributed by atoms with Crippen LogP contribution in [0.5, 0.6) is 0 Å². The van der Waals surface area contributed by atoms with Crippen molar-refractivity contribution >= 4 is 28.6 Å². The lowest BCUT2D eigenvalue weighted by Gasteiger charge is -2.10. The minimum absolute atomic E-state index is 0.113. The summed E-state index contributed by atoms with van der Waals surface area (Å²) >= 11 is 1.74. The second-order valence-corrected chi connectivity index (χ2v) is 9.56. The fraction of sp³-hybridized carbons (Fsp3) is 0.276. The number of nitrogens with zero attached hydrogens (tertiary/aromatic N) is 1. The molecule has 0 fully saturated rings. The average molecular weight is 457 g/mol. The molecule has 1 amide bonds. The van der Waals surface area contributed by atoms with E-state index < -0.39 is 0 Å². The minimum Gasteiger partial charge on any atom is -0.356 e. The third-order valence-corrected chi connectivity index (χ3v) is 6.98. The lowest BCUT2D eigenvalue weighted by Crippen LogP contribution is -2.25. The van der Waals surface area contributed by atoms with Crippen LogP contribution in [0.2, 0.25) is 0 Å². The van der Waals surface area contributed by atoms with Crippen molar-refractivity contribution in [2.75, 3.05) is 12.8 Å². The van der Waals surface area contributed by atoms with E-state index in [1.807, 2.05) is 0 Å². The van der Waals surface area contributed by atoms with Gasteiger partial charge in [-0.1, -0.05) is 54.1 Å². The molecule has 0 radical (unpaired) electrons. The molecule has 4 heteroatoms. The van der Waals surface area contributed by atoms with Crippen molar-refractivity contribution in [3.63, 3.8) is 0 Å². The molecule has 170 valence electrons. The Balaban J connectivity index is 1.38. The van der Waals surface area contributed by atoms with Crippen molar-refractivity contribution in [2.45, 2.75) is 44.6 Å². The van der Waals surface area contributed by atoms with Crippen LogP contribution in [0.4, 0.5) is 0 Å². The summed E-state index contributed by atoms with van der Waals surface area (Å²) in [6, 6.07) is 23.7. The largest absolute Gasteiger partial charge is 0.356 e. The number of para-hydroxylation sites is 1. The molecule has 1 N–H and O–H groups in total. The number of fused-ring (bicyclic) bond motifs is 1. The van der Waals surface area contributed by atoms with Gasteiger partial charge in [-0.3, -0.25) is 4.79 Å². The van der Waals surface area contributed by atoms with Gasteiger partial charge in [0.15, 0.2) is 0 Å². The van der Waals surface area contributed by atoms with Gasteiger partial charge in [0.05, 0.1) is 0 Å². The second kappa shape index (κ2) is 10.8. The number of nitrogens with one attached hydrogen (secondary N) is 1. The first-order valence-electron chi connectivity index (χ1n) is 11.6. The van der Waals surface area contributed by atoms with Crippen molar-refractivity contribution in [1.82, 2.24) is 9.88 Å². The van der Waals surface area contributed by atoms with E-state index in [0.717, 1.165) is 19.4 Å². The number of carbonyl (C=O) groups excluding carboxylic acids is 1. The van der Waals surface area contributed by atoms with Gasteiger partial charge in [0.25, 0.3) is 0 Å². The topological polar surface area (TPSA) is 34.0 Å². The molecule has 0 bridgehead atoms. The van der Waals surface area contributed by atoms with Gasteiger partial charge in [0.2, 0.25) is 5.91 Å². The predicted molar refractivity (Wildman–Crippen MR) is 140 cm³/mol. The molecular weight excluding hydrogens is 424 g/mol. The highest BCUT2D eigenvalue weighted by Gasteiger charge is 2.11. The molecule has 0 saturated carbocycles. The Morgan fingerprint density at radius 2 is 1.73 bits per heavy atom. The molecule has 0 aliphatic heterocycles. The van der Waals surface area contributed by atoms with Crippen molar-refractivity contribution < 1.29 is 4.79 Å². The molecule has 0 spiro atoms. The summed E-state index contributed by atoms with van der Waals surface area (Å²) in [7, 11) is 0. The Labute approximate surface area is 201 Å². The van der Waals surface area contributed by atoms with Crippen LogP contribution in [0, 0.1) is 13.8 Å². The summed E-state index contributed by atoms with van der Waals surface area (Å²) in [4.78, 5) is 13.8. The van der Waals surface area contributed by atoms with E-state index in [2.05, 4.69) is 103 Å². The third-order valence-electron chi connectivity index (χ3n) is 6.23. The number of hydrogen-bond donors (Lipinski definition) is 1. The maximum atomic E-state index is 12.5. The summed E-state index contributed by atoms with van der Waals surface area (Å²) < 4.78 is 2.32. The van der Waals surface area contributed by atoms with Crippen LogP contribution >= 0.6 is 11.8 Å². The van der Waals surface area contributed by atoms with E-state index in [1.54, 1.807) is 11.8 Å². The molecule has 0 unspecified atom stereocenters. The van der Waals surface area contributed by atoms with Crippen LogP contribution in [-0.2, 0) is 24.2 Å². The van der Waals surface area contributed by atoms with E-state index >= 15 is 0 Å². The first kappa shape index (κ1) is 23.2. The molecule has 0 saturated heterocycles. The lowest BCUT2D eigenvalue weighted by molar-refractivity contribution is -0.121. The SMILES string of the molecule is CSc1ccc(CCNC(=O)CCc2cn(Cc3cc(C)ccc3C)c3ccccc23)cc1. The molecule has 3 nitrogen and oxygen atoms in total. The van der Waals surface area contributed by atoms with Crippen molar-refractivity contribution in [3.8, 4) is 0 Å². The van der Waals surface area contributed by atoms with Gasteiger partial charge in [0, 0.05) is 41.5 Å². The summed E-state index contributed by atoms with van der Waals surface area (Å²) in [5.41, 5.74) is 7.64. The molecular formula is C29H32N2OS. The van der Waals surface area contributed by atoms with E-state index in [4.69, 9.17) is 0 Å². The number of aromatic nitrogens is 1. The third kappa shape index (κ3) is 5.88. The van der Waals surface area contributed by atoms with Crippen LogP contribution in [0.25, 0.3) is 10.9 Å². The standard InChI is InChI=1S/C29H32N2OS/c1-21-8-9-22(2)25(18-21)20-31-19-24(27-6-4-5-7-28(27)31)12-15-29(32)30-17-16-23-10-13-26(33-3)14-11-23/h4-11,13-14,18-19H,12,15-17,20H2,1-3H3,(H,30,32). The fourth-order valence-electron chi connectivity index (χ4n) is 4.28. The summed E-state index contributed by atoms with van der Waals surface area (Å²) in [5, 5.41) is 4.33. The highest BCUT2D eigenvalue weighted by atomic mass is 32.2. The number of benzene rings is 3. The van der Waals surface area contributed by atoms with Crippen LogP contribution in [0.3, 0.4) is 0 Å². The number of amides is 1. The van der Waals surface area contributed by atoms with Gasteiger partial charge < -0.3 is 9.88 Å². The van der Waals surface area contributed by atoms with Gasteiger partial charge in [-0.25, -0.2) is 0 Å². The molecule has 3 aromatic carbocycles. The maximum absolute atomic E-state index is 12.5. The number of aryl methyl sites for hydroxylation is 3. The Morgan fingerprint density at radius 3 is 2.52 bits per heavy atom. The number of rotatable bonds is 9. The van der Waals surface area contributed by atoms with Crippen LogP contribution in [-0.4, -0.2) is 23.3 Å². The maximum Gasteiger partial charge on any atom is 0.220 e. The van der Waals surface area contributed by atoms with Gasteiger partial charge in [-0.05, 0) is 73.4 Å². The Morgan fingerprint density at radius 1 is 0.939 bits per heavy atom. The number of thioether (sulfide) groups is 1. The first-order valence-corrected chi connectivity index (χ1v) is 12.8. The van der Waals surface area contributed by atoms with Crippen LogP contribution in [0.15, 0.2) is 77.8 Å². The molecule has 33 heavy (non-hydrogen) atoms. The smallest absolute Gasteiger partial charge is 0.220 e. The van der Waals surface area contributed by atoms with E-state index in [9.17, 15) is 4.79 Å². The Bertz CT molecular complexity index is 1240. The first-order chi connectivity index (χ1) is 16.0. The second-order valence-electron chi connectivity index (χ2n) is 8.68. The summed E-state index contributed by atoms with van der Waals surface area (Å²) in [5.74, 6) is 0.113. The zero-order valence-corrected chi connectivity index (χ0v) is 20.5. The van der Waals surface area contributed by atoms with Gasteiger partial charge in [0.1, 0.15) is 0 Å². The van der Waals surface area contributed by atoms with E-state index in [1.165, 1.54) is 43.6 Å². The highest BCUT2D eigenvalue weighted by molar-refractivity contribution is 7.98. The van der Waals surface area contributed by atoms with E-state index in [0.29, 0.717) is 13.0 Å². The Hall–Kier alpha value is -2.98. The summed E-state index contributed by atoms with van der Waals surface area (Å²) in [6.07, 6.45) is 6.41. The Kier molecular flexibility index (Phi) is 7.56. The minimum atomic E-state index is 0.113. The summed E-state index contributed by atoms with van der Waals surface area (Å²) in [6.45, 7) is 5.82. The zero-order valence-electron chi connectivity index (χ0n) is 19.7. The molecule has 4 rings (SSSR count). The van der Waals surface area contributed by atoms with Crippen LogP contribution < -0.4 is 5.32 Å². The van der Waals surface area contributed by atoms with Crippen LogP contribution in [0.1, 0.15) is 34.2 Å². The fourth-order valence-corrected chi connectivity index (χ4v) is 4.69. The normalized spacial score (nSPS) is 11.1. The van der Waals surface area contributed by atoms with Crippen molar-refractivity contribution in [2.24, 2.45) is 0 Å². The van der Waals surface area contributed by atoms with Gasteiger partial charge >= 0.3 is 0 Å². The monoisotopic (exact) mass is 456 g/mol. The van der Waals surface area contributed by atoms with Crippen molar-refractivity contribution in [3.05, 3.63) is 101 Å². The highest BCUT2D eigenvalue weighted by Crippen LogP contribution is 2.24. The average Bonchev–Trinajstić information content (AvgIpc) is 3.18.